The molecule has 3 N–H and O–H groups in total. The van der Waals surface area contributed by atoms with E-state index in [9.17, 15) is 18.0 Å². The van der Waals surface area contributed by atoms with E-state index in [0.717, 1.165) is 5.56 Å². The first-order valence-electron chi connectivity index (χ1n) is 10.1. The van der Waals surface area contributed by atoms with E-state index >= 15 is 0 Å². The third-order valence-corrected chi connectivity index (χ3v) is 6.66. The normalized spacial score (nSPS) is 15.8. The summed E-state index contributed by atoms with van der Waals surface area (Å²) >= 11 is 0. The second-order valence-corrected chi connectivity index (χ2v) is 10.1. The number of allylic oxidation sites excluding steroid dienone is 4. The molecule has 32 heavy (non-hydrogen) atoms. The van der Waals surface area contributed by atoms with Gasteiger partial charge in [-0.15, -0.1) is 0 Å². The van der Waals surface area contributed by atoms with Crippen molar-refractivity contribution in [2.45, 2.75) is 20.3 Å². The Kier molecular flexibility index (Phi) is 5.48. The number of benzene rings is 2. The number of hydrogen-bond acceptors (Lipinski definition) is 4. The SMILES string of the molecule is CC1(C)C=CC(S(=O)(=O)Nc2ccc(C(=O)/C=C/c3ccc4[nH]c(=O)[nH]c4c3)cc2)=CC1. The summed E-state index contributed by atoms with van der Waals surface area (Å²) in [5.74, 6) is -0.220. The molecule has 3 aromatic rings. The van der Waals surface area contributed by atoms with Gasteiger partial charge in [0.05, 0.1) is 15.9 Å². The van der Waals surface area contributed by atoms with Crippen molar-refractivity contribution in [3.63, 3.8) is 0 Å². The van der Waals surface area contributed by atoms with E-state index in [1.807, 2.05) is 19.9 Å². The third-order valence-electron chi connectivity index (χ3n) is 5.23. The van der Waals surface area contributed by atoms with Crippen LogP contribution in [0.15, 0.2) is 76.5 Å². The molecule has 0 bridgehead atoms. The average molecular weight is 450 g/mol. The fraction of sp³-hybridized carbons (Fsp3) is 0.167. The molecule has 0 aliphatic heterocycles. The van der Waals surface area contributed by atoms with Crippen molar-refractivity contribution in [3.8, 4) is 0 Å². The fourth-order valence-electron chi connectivity index (χ4n) is 3.35. The number of imidazole rings is 1. The van der Waals surface area contributed by atoms with Crippen LogP contribution in [-0.4, -0.2) is 24.2 Å². The van der Waals surface area contributed by atoms with Crippen molar-refractivity contribution in [2.75, 3.05) is 4.72 Å². The molecule has 2 aromatic carbocycles. The summed E-state index contributed by atoms with van der Waals surface area (Å²) in [6, 6.07) is 11.6. The lowest BCUT2D eigenvalue weighted by molar-refractivity contribution is 0.104. The van der Waals surface area contributed by atoms with Crippen LogP contribution < -0.4 is 10.4 Å². The van der Waals surface area contributed by atoms with Gasteiger partial charge in [-0.1, -0.05) is 38.1 Å². The number of fused-ring (bicyclic) bond motifs is 1. The van der Waals surface area contributed by atoms with Gasteiger partial charge in [0.15, 0.2) is 5.78 Å². The van der Waals surface area contributed by atoms with Crippen LogP contribution in [0.25, 0.3) is 17.1 Å². The lowest BCUT2D eigenvalue weighted by atomic mass is 9.86. The standard InChI is InChI=1S/C24H23N3O4S/c1-24(2)13-11-19(12-14-24)32(30,31)27-18-7-5-17(6-8-18)22(28)10-4-16-3-9-20-21(15-16)26-23(29)25-20/h3-13,15,27H,14H2,1-2H3,(H2,25,26,29)/b10-4+. The van der Waals surface area contributed by atoms with Gasteiger partial charge in [-0.2, -0.15) is 0 Å². The molecule has 164 valence electrons. The van der Waals surface area contributed by atoms with Crippen LogP contribution >= 0.6 is 0 Å². The van der Waals surface area contributed by atoms with Crippen LogP contribution in [0.3, 0.4) is 0 Å². The molecule has 0 saturated carbocycles. The monoisotopic (exact) mass is 449 g/mol. The molecule has 0 saturated heterocycles. The number of aromatic nitrogens is 2. The molecule has 0 atom stereocenters. The van der Waals surface area contributed by atoms with Crippen molar-refractivity contribution in [2.24, 2.45) is 5.41 Å². The minimum atomic E-state index is -3.68. The molecule has 0 amide bonds. The summed E-state index contributed by atoms with van der Waals surface area (Å²) in [7, 11) is -3.68. The minimum Gasteiger partial charge on any atom is -0.306 e. The summed E-state index contributed by atoms with van der Waals surface area (Å²) in [5.41, 5.74) is 2.59. The minimum absolute atomic E-state index is 0.0564. The molecule has 7 nitrogen and oxygen atoms in total. The van der Waals surface area contributed by atoms with Gasteiger partial charge in [-0.3, -0.25) is 9.52 Å². The van der Waals surface area contributed by atoms with E-state index in [0.29, 0.717) is 28.7 Å². The maximum Gasteiger partial charge on any atom is 0.323 e. The van der Waals surface area contributed by atoms with Gasteiger partial charge in [0, 0.05) is 11.3 Å². The zero-order valence-corrected chi connectivity index (χ0v) is 18.5. The van der Waals surface area contributed by atoms with Gasteiger partial charge < -0.3 is 9.97 Å². The molecule has 0 spiro atoms. The molecule has 1 aromatic heterocycles. The Balaban J connectivity index is 1.44. The summed E-state index contributed by atoms with van der Waals surface area (Å²) in [4.78, 5) is 29.4. The summed E-state index contributed by atoms with van der Waals surface area (Å²) in [5, 5.41) is 0. The number of aromatic amines is 2. The largest absolute Gasteiger partial charge is 0.323 e. The van der Waals surface area contributed by atoms with Crippen LogP contribution in [-0.2, 0) is 10.0 Å². The Morgan fingerprint density at radius 2 is 1.78 bits per heavy atom. The van der Waals surface area contributed by atoms with E-state index in [1.54, 1.807) is 60.7 Å². The molecular formula is C24H23N3O4S. The van der Waals surface area contributed by atoms with Gasteiger partial charge in [0.1, 0.15) is 0 Å². The summed E-state index contributed by atoms with van der Waals surface area (Å²) in [6.07, 6.45) is 8.96. The lowest BCUT2D eigenvalue weighted by Gasteiger charge is -2.22. The second-order valence-electron chi connectivity index (χ2n) is 8.40. The van der Waals surface area contributed by atoms with Crippen molar-refractivity contribution in [1.29, 1.82) is 0 Å². The van der Waals surface area contributed by atoms with Gasteiger partial charge in [-0.05, 0) is 65.9 Å². The quantitative estimate of drug-likeness (QED) is 0.383. The summed E-state index contributed by atoms with van der Waals surface area (Å²) < 4.78 is 27.8. The highest BCUT2D eigenvalue weighted by molar-refractivity contribution is 7.96. The first-order valence-corrected chi connectivity index (χ1v) is 11.6. The number of carbonyl (C=O) groups is 1. The highest BCUT2D eigenvalue weighted by Gasteiger charge is 2.22. The molecule has 4 rings (SSSR count). The van der Waals surface area contributed by atoms with Crippen LogP contribution in [0.2, 0.25) is 0 Å². The van der Waals surface area contributed by atoms with Crippen LogP contribution in [0.4, 0.5) is 5.69 Å². The van der Waals surface area contributed by atoms with Crippen LogP contribution in [0.5, 0.6) is 0 Å². The van der Waals surface area contributed by atoms with Crippen LogP contribution in [0.1, 0.15) is 36.2 Å². The topological polar surface area (TPSA) is 112 Å². The maximum atomic E-state index is 12.6. The summed E-state index contributed by atoms with van der Waals surface area (Å²) in [6.45, 7) is 4.08. The zero-order valence-electron chi connectivity index (χ0n) is 17.7. The van der Waals surface area contributed by atoms with E-state index in [1.165, 1.54) is 6.08 Å². The molecule has 0 unspecified atom stereocenters. The smallest absolute Gasteiger partial charge is 0.306 e. The highest BCUT2D eigenvalue weighted by atomic mass is 32.2. The molecule has 0 fully saturated rings. The number of sulfonamides is 1. The lowest BCUT2D eigenvalue weighted by Crippen LogP contribution is -2.18. The van der Waals surface area contributed by atoms with Gasteiger partial charge in [0.2, 0.25) is 0 Å². The number of nitrogens with one attached hydrogen (secondary N) is 3. The Hall–Kier alpha value is -3.65. The second kappa shape index (κ2) is 8.12. The van der Waals surface area contributed by atoms with E-state index in [2.05, 4.69) is 14.7 Å². The van der Waals surface area contributed by atoms with Gasteiger partial charge in [-0.25, -0.2) is 13.2 Å². The highest BCUT2D eigenvalue weighted by Crippen LogP contribution is 2.30. The molecule has 1 aliphatic rings. The Bertz CT molecular complexity index is 1440. The van der Waals surface area contributed by atoms with Crippen molar-refractivity contribution >= 4 is 38.6 Å². The van der Waals surface area contributed by atoms with Crippen molar-refractivity contribution < 1.29 is 13.2 Å². The first kappa shape index (κ1) is 21.6. The van der Waals surface area contributed by atoms with E-state index in [-0.39, 0.29) is 21.8 Å². The fourth-order valence-corrected chi connectivity index (χ4v) is 4.46. The van der Waals surface area contributed by atoms with Crippen molar-refractivity contribution in [1.82, 2.24) is 9.97 Å². The predicted molar refractivity (Wildman–Crippen MR) is 127 cm³/mol. The van der Waals surface area contributed by atoms with Crippen LogP contribution in [0, 0.1) is 5.41 Å². The number of carbonyl (C=O) groups excluding carboxylic acids is 1. The van der Waals surface area contributed by atoms with Gasteiger partial charge >= 0.3 is 5.69 Å². The third kappa shape index (κ3) is 4.81. The predicted octanol–water partition coefficient (Wildman–Crippen LogP) is 4.36. The first-order chi connectivity index (χ1) is 15.1. The number of rotatable bonds is 6. The molecule has 1 aliphatic carbocycles. The Morgan fingerprint density at radius 1 is 1.06 bits per heavy atom. The number of H-pyrrole nitrogens is 2. The Morgan fingerprint density at radius 3 is 2.47 bits per heavy atom. The van der Waals surface area contributed by atoms with E-state index in [4.69, 9.17) is 0 Å². The number of hydrogen-bond donors (Lipinski definition) is 3. The Labute approximate surface area is 185 Å². The number of ketones is 1. The average Bonchev–Trinajstić information content (AvgIpc) is 3.11. The molecule has 8 heteroatoms. The maximum absolute atomic E-state index is 12.6. The van der Waals surface area contributed by atoms with Gasteiger partial charge in [0.25, 0.3) is 10.0 Å². The number of anilines is 1. The molecule has 0 radical (unpaired) electrons. The molecular weight excluding hydrogens is 426 g/mol. The van der Waals surface area contributed by atoms with E-state index < -0.39 is 10.0 Å². The van der Waals surface area contributed by atoms with Crippen molar-refractivity contribution in [3.05, 3.63) is 93.3 Å². The molecule has 1 heterocycles. The zero-order chi connectivity index (χ0) is 22.9.